The van der Waals surface area contributed by atoms with Crippen molar-refractivity contribution in [2.45, 2.75) is 37.8 Å². The molecule has 1 aromatic rings. The first-order valence-corrected chi connectivity index (χ1v) is 5.55. The van der Waals surface area contributed by atoms with Crippen LogP contribution in [0.1, 0.15) is 31.2 Å². The number of hydrogen-bond donors (Lipinski definition) is 2. The minimum absolute atomic E-state index is 0.141. The van der Waals surface area contributed by atoms with E-state index in [1.807, 2.05) is 0 Å². The van der Waals surface area contributed by atoms with Crippen LogP contribution in [-0.4, -0.2) is 22.3 Å². The van der Waals surface area contributed by atoms with Gasteiger partial charge in [0, 0.05) is 12.1 Å². The summed E-state index contributed by atoms with van der Waals surface area (Å²) in [5, 5.41) is 19.9. The Kier molecular flexibility index (Phi) is 3.32. The van der Waals surface area contributed by atoms with Gasteiger partial charge >= 0.3 is 0 Å². The molecule has 84 valence electrons. The predicted molar refractivity (Wildman–Crippen MR) is 60.6 cm³/mol. The Balaban J connectivity index is 2.11. The molecule has 3 N–H and O–H groups in total. The molecule has 0 radical (unpaired) electrons. The second-order valence-electron chi connectivity index (χ2n) is 4.10. The molecule has 1 aromatic heterocycles. The lowest BCUT2D eigenvalue weighted by molar-refractivity contribution is 0.403. The number of anilines is 1. The normalized spacial score (nSPS) is 24.8. The van der Waals surface area contributed by atoms with E-state index in [1.54, 1.807) is 6.07 Å². The molecule has 2 atom stereocenters. The number of nitrogens with one attached hydrogen (secondary N) is 1. The molecule has 0 spiro atoms. The second-order valence-corrected chi connectivity index (χ2v) is 4.10. The monoisotopic (exact) mass is 217 g/mol. The zero-order valence-electron chi connectivity index (χ0n) is 9.06. The summed E-state index contributed by atoms with van der Waals surface area (Å²) in [6.07, 6.45) is 5.94. The van der Waals surface area contributed by atoms with Gasteiger partial charge in [-0.2, -0.15) is 10.4 Å². The molecule has 1 fully saturated rings. The maximum atomic E-state index is 8.92. The van der Waals surface area contributed by atoms with Crippen LogP contribution in [0.25, 0.3) is 0 Å². The van der Waals surface area contributed by atoms with Gasteiger partial charge in [-0.25, -0.2) is 0 Å². The van der Waals surface area contributed by atoms with Gasteiger partial charge in [0.15, 0.2) is 5.82 Å². The highest BCUT2D eigenvalue weighted by molar-refractivity contribution is 5.50. The highest BCUT2D eigenvalue weighted by Crippen LogP contribution is 2.21. The minimum Gasteiger partial charge on any atom is -0.363 e. The van der Waals surface area contributed by atoms with Gasteiger partial charge in [-0.05, 0) is 18.9 Å². The lowest BCUT2D eigenvalue weighted by Crippen LogP contribution is -2.42. The van der Waals surface area contributed by atoms with Crippen LogP contribution < -0.4 is 11.1 Å². The average Bonchev–Trinajstić information content (AvgIpc) is 2.33. The first-order chi connectivity index (χ1) is 7.81. The number of nitriles is 1. The third-order valence-corrected chi connectivity index (χ3v) is 2.98. The molecule has 0 amide bonds. The van der Waals surface area contributed by atoms with Crippen LogP contribution in [0.5, 0.6) is 0 Å². The molecule has 0 aliphatic heterocycles. The largest absolute Gasteiger partial charge is 0.363 e. The smallest absolute Gasteiger partial charge is 0.166 e. The number of rotatable bonds is 2. The molecule has 16 heavy (non-hydrogen) atoms. The van der Waals surface area contributed by atoms with Gasteiger partial charge < -0.3 is 11.1 Å². The summed E-state index contributed by atoms with van der Waals surface area (Å²) in [6.45, 7) is 0. The lowest BCUT2D eigenvalue weighted by atomic mass is 9.91. The van der Waals surface area contributed by atoms with E-state index >= 15 is 0 Å². The highest BCUT2D eigenvalue weighted by atomic mass is 15.2. The van der Waals surface area contributed by atoms with Crippen molar-refractivity contribution >= 4 is 5.82 Å². The lowest BCUT2D eigenvalue weighted by Gasteiger charge is -2.29. The summed E-state index contributed by atoms with van der Waals surface area (Å²) >= 11 is 0. The molecule has 1 heterocycles. The summed E-state index contributed by atoms with van der Waals surface area (Å²) in [4.78, 5) is 0. The maximum Gasteiger partial charge on any atom is 0.166 e. The molecule has 5 nitrogen and oxygen atoms in total. The van der Waals surface area contributed by atoms with Crippen molar-refractivity contribution in [3.05, 3.63) is 17.8 Å². The SMILES string of the molecule is N#Cc1ccnnc1NC1CCCCC1N. The molecular weight excluding hydrogens is 202 g/mol. The fourth-order valence-electron chi connectivity index (χ4n) is 2.04. The second kappa shape index (κ2) is 4.90. The van der Waals surface area contributed by atoms with Gasteiger partial charge in [0.2, 0.25) is 0 Å². The predicted octanol–water partition coefficient (Wildman–Crippen LogP) is 1.03. The van der Waals surface area contributed by atoms with Crippen molar-refractivity contribution in [2.24, 2.45) is 5.73 Å². The Bertz CT molecular complexity index is 398. The molecule has 2 unspecified atom stereocenters. The molecule has 0 aromatic carbocycles. The van der Waals surface area contributed by atoms with E-state index in [4.69, 9.17) is 11.0 Å². The van der Waals surface area contributed by atoms with Gasteiger partial charge in [0.1, 0.15) is 6.07 Å². The topological polar surface area (TPSA) is 87.6 Å². The van der Waals surface area contributed by atoms with E-state index in [0.29, 0.717) is 11.4 Å². The summed E-state index contributed by atoms with van der Waals surface area (Å²) in [7, 11) is 0. The summed E-state index contributed by atoms with van der Waals surface area (Å²) < 4.78 is 0. The number of nitrogens with zero attached hydrogens (tertiary/aromatic N) is 3. The molecule has 2 rings (SSSR count). The standard InChI is InChI=1S/C11H15N5/c12-7-8-5-6-14-16-11(8)15-10-4-2-1-3-9(10)13/h5-6,9-10H,1-4,13H2,(H,15,16). The molecule has 0 bridgehead atoms. The van der Waals surface area contributed by atoms with E-state index in [2.05, 4.69) is 21.6 Å². The first kappa shape index (κ1) is 10.8. The Hall–Kier alpha value is -1.67. The number of hydrogen-bond acceptors (Lipinski definition) is 5. The van der Waals surface area contributed by atoms with E-state index < -0.39 is 0 Å². The van der Waals surface area contributed by atoms with Crippen LogP contribution in [-0.2, 0) is 0 Å². The first-order valence-electron chi connectivity index (χ1n) is 5.55. The summed E-state index contributed by atoms with van der Waals surface area (Å²) in [6, 6.07) is 4.10. The van der Waals surface area contributed by atoms with Gasteiger partial charge in [0.05, 0.1) is 11.8 Å². The Morgan fingerprint density at radius 2 is 2.25 bits per heavy atom. The third kappa shape index (κ3) is 2.28. The van der Waals surface area contributed by atoms with Gasteiger partial charge in [-0.15, -0.1) is 5.10 Å². The van der Waals surface area contributed by atoms with Crippen molar-refractivity contribution < 1.29 is 0 Å². The third-order valence-electron chi connectivity index (χ3n) is 2.98. The van der Waals surface area contributed by atoms with Gasteiger partial charge in [-0.1, -0.05) is 12.8 Å². The molecule has 1 saturated carbocycles. The fraction of sp³-hybridized carbons (Fsp3) is 0.545. The van der Waals surface area contributed by atoms with Crippen molar-refractivity contribution in [1.29, 1.82) is 5.26 Å². The Morgan fingerprint density at radius 3 is 3.00 bits per heavy atom. The summed E-state index contributed by atoms with van der Waals surface area (Å²) in [5.41, 5.74) is 6.55. The fourth-order valence-corrected chi connectivity index (χ4v) is 2.04. The highest BCUT2D eigenvalue weighted by Gasteiger charge is 2.22. The van der Waals surface area contributed by atoms with Crippen molar-refractivity contribution in [3.63, 3.8) is 0 Å². The van der Waals surface area contributed by atoms with E-state index in [-0.39, 0.29) is 12.1 Å². The number of nitrogens with two attached hydrogens (primary N) is 1. The number of aromatic nitrogens is 2. The van der Waals surface area contributed by atoms with Crippen LogP contribution in [0.3, 0.4) is 0 Å². The van der Waals surface area contributed by atoms with Gasteiger partial charge in [-0.3, -0.25) is 0 Å². The van der Waals surface area contributed by atoms with Crippen LogP contribution in [0.4, 0.5) is 5.82 Å². The summed E-state index contributed by atoms with van der Waals surface area (Å²) in [5.74, 6) is 0.548. The average molecular weight is 217 g/mol. The van der Waals surface area contributed by atoms with E-state index in [0.717, 1.165) is 12.8 Å². The Labute approximate surface area is 94.7 Å². The molecule has 1 aliphatic rings. The van der Waals surface area contributed by atoms with Gasteiger partial charge in [0.25, 0.3) is 0 Å². The van der Waals surface area contributed by atoms with Crippen molar-refractivity contribution in [2.75, 3.05) is 5.32 Å². The van der Waals surface area contributed by atoms with Crippen LogP contribution >= 0.6 is 0 Å². The van der Waals surface area contributed by atoms with Crippen molar-refractivity contribution in [3.8, 4) is 6.07 Å². The zero-order chi connectivity index (χ0) is 11.4. The van der Waals surface area contributed by atoms with Crippen molar-refractivity contribution in [1.82, 2.24) is 10.2 Å². The maximum absolute atomic E-state index is 8.92. The molecule has 5 heteroatoms. The molecular formula is C11H15N5. The van der Waals surface area contributed by atoms with Crippen LogP contribution in [0.2, 0.25) is 0 Å². The van der Waals surface area contributed by atoms with E-state index in [1.165, 1.54) is 19.0 Å². The Morgan fingerprint density at radius 1 is 1.44 bits per heavy atom. The van der Waals surface area contributed by atoms with Crippen LogP contribution in [0.15, 0.2) is 12.3 Å². The van der Waals surface area contributed by atoms with E-state index in [9.17, 15) is 0 Å². The quantitative estimate of drug-likeness (QED) is 0.772. The zero-order valence-corrected chi connectivity index (χ0v) is 9.06. The molecule has 0 saturated heterocycles. The minimum atomic E-state index is 0.141. The molecule has 1 aliphatic carbocycles. The van der Waals surface area contributed by atoms with Crippen LogP contribution in [0, 0.1) is 11.3 Å².